The molecule has 82 valence electrons. The van der Waals surface area contributed by atoms with Gasteiger partial charge in [0.1, 0.15) is 0 Å². The number of carbonyl (C=O) groups is 1. The molecule has 16 heavy (non-hydrogen) atoms. The van der Waals surface area contributed by atoms with Crippen molar-refractivity contribution in [1.29, 1.82) is 0 Å². The van der Waals surface area contributed by atoms with Crippen LogP contribution in [0.3, 0.4) is 0 Å². The lowest BCUT2D eigenvalue weighted by molar-refractivity contribution is 0.0697. The highest BCUT2D eigenvalue weighted by Gasteiger charge is 2.07. The summed E-state index contributed by atoms with van der Waals surface area (Å²) in [6.45, 7) is 4.05. The molecule has 4 heteroatoms. The highest BCUT2D eigenvalue weighted by molar-refractivity contribution is 5.86. The molecule has 0 saturated carbocycles. The number of carboxylic acid groups (broad SMARTS) is 1. The first-order valence-corrected chi connectivity index (χ1v) is 4.93. The molecule has 4 nitrogen and oxygen atoms in total. The zero-order valence-electron chi connectivity index (χ0n) is 9.14. The summed E-state index contributed by atoms with van der Waals surface area (Å²) in [4.78, 5) is 10.7. The molecule has 1 aromatic heterocycles. The smallest absolute Gasteiger partial charge is 0.338 e. The number of nitrogens with zero attached hydrogens (tertiary/aromatic N) is 2. The standard InChI is InChI=1S/C12H12N2O2/c1-8-3-4-11(5-9(8)2)14-7-10(6-13-14)12(15)16/h3-7H,1-2H3,(H,15,16). The Kier molecular flexibility index (Phi) is 2.48. The van der Waals surface area contributed by atoms with Gasteiger partial charge in [-0.05, 0) is 37.1 Å². The summed E-state index contributed by atoms with van der Waals surface area (Å²) >= 11 is 0. The Balaban J connectivity index is 2.42. The lowest BCUT2D eigenvalue weighted by Gasteiger charge is -2.04. The SMILES string of the molecule is Cc1ccc(-n2cc(C(=O)O)cn2)cc1C. The molecule has 0 fully saturated rings. The number of hydrogen-bond acceptors (Lipinski definition) is 2. The summed E-state index contributed by atoms with van der Waals surface area (Å²) < 4.78 is 1.57. The highest BCUT2D eigenvalue weighted by atomic mass is 16.4. The van der Waals surface area contributed by atoms with Gasteiger partial charge in [-0.2, -0.15) is 5.10 Å². The van der Waals surface area contributed by atoms with Crippen LogP contribution in [0.5, 0.6) is 0 Å². The summed E-state index contributed by atoms with van der Waals surface area (Å²) in [6, 6.07) is 5.89. The molecule has 0 unspecified atom stereocenters. The van der Waals surface area contributed by atoms with E-state index in [0.29, 0.717) is 0 Å². The van der Waals surface area contributed by atoms with Gasteiger partial charge >= 0.3 is 5.97 Å². The van der Waals surface area contributed by atoms with Crippen molar-refractivity contribution in [1.82, 2.24) is 9.78 Å². The van der Waals surface area contributed by atoms with Crippen LogP contribution in [0.4, 0.5) is 0 Å². The van der Waals surface area contributed by atoms with Crippen molar-refractivity contribution in [2.45, 2.75) is 13.8 Å². The summed E-state index contributed by atoms with van der Waals surface area (Å²) in [5.41, 5.74) is 3.42. The molecular weight excluding hydrogens is 204 g/mol. The van der Waals surface area contributed by atoms with E-state index in [2.05, 4.69) is 5.10 Å². The molecule has 1 N–H and O–H groups in total. The molecule has 0 saturated heterocycles. The number of aryl methyl sites for hydroxylation is 2. The largest absolute Gasteiger partial charge is 0.478 e. The zero-order valence-corrected chi connectivity index (χ0v) is 9.14. The third kappa shape index (κ3) is 1.82. The molecule has 2 rings (SSSR count). The van der Waals surface area contributed by atoms with Gasteiger partial charge in [-0.1, -0.05) is 6.07 Å². The first kappa shape index (κ1) is 10.4. The topological polar surface area (TPSA) is 55.1 Å². The van der Waals surface area contributed by atoms with E-state index in [4.69, 9.17) is 5.11 Å². The van der Waals surface area contributed by atoms with Crippen LogP contribution >= 0.6 is 0 Å². The lowest BCUT2D eigenvalue weighted by Crippen LogP contribution is -1.96. The van der Waals surface area contributed by atoms with Crippen molar-refractivity contribution >= 4 is 5.97 Å². The quantitative estimate of drug-likeness (QED) is 0.837. The molecule has 1 heterocycles. The molecule has 1 aromatic carbocycles. The van der Waals surface area contributed by atoms with E-state index < -0.39 is 5.97 Å². The Bertz CT molecular complexity index is 544. The maximum Gasteiger partial charge on any atom is 0.338 e. The van der Waals surface area contributed by atoms with E-state index in [1.165, 1.54) is 18.0 Å². The average Bonchev–Trinajstić information content (AvgIpc) is 2.71. The number of benzene rings is 1. The first-order valence-electron chi connectivity index (χ1n) is 4.93. The maximum absolute atomic E-state index is 10.7. The summed E-state index contributed by atoms with van der Waals surface area (Å²) in [7, 11) is 0. The lowest BCUT2D eigenvalue weighted by atomic mass is 10.1. The number of rotatable bonds is 2. The van der Waals surface area contributed by atoms with Gasteiger partial charge in [-0.25, -0.2) is 9.48 Å². The minimum atomic E-state index is -0.963. The Morgan fingerprint density at radius 2 is 2.06 bits per heavy atom. The van der Waals surface area contributed by atoms with Crippen molar-refractivity contribution in [3.8, 4) is 5.69 Å². The van der Waals surface area contributed by atoms with Crippen LogP contribution in [0.2, 0.25) is 0 Å². The van der Waals surface area contributed by atoms with Gasteiger partial charge < -0.3 is 5.11 Å². The fraction of sp³-hybridized carbons (Fsp3) is 0.167. The fourth-order valence-corrected chi connectivity index (χ4v) is 1.44. The first-order chi connectivity index (χ1) is 7.58. The Labute approximate surface area is 93.1 Å². The minimum absolute atomic E-state index is 0.193. The van der Waals surface area contributed by atoms with Crippen molar-refractivity contribution in [2.75, 3.05) is 0 Å². The van der Waals surface area contributed by atoms with Crippen molar-refractivity contribution in [3.05, 3.63) is 47.3 Å². The molecule has 2 aromatic rings. The summed E-state index contributed by atoms with van der Waals surface area (Å²) in [5, 5.41) is 12.8. The van der Waals surface area contributed by atoms with E-state index in [1.54, 1.807) is 4.68 Å². The van der Waals surface area contributed by atoms with E-state index >= 15 is 0 Å². The van der Waals surface area contributed by atoms with Gasteiger partial charge in [0.25, 0.3) is 0 Å². The molecule has 0 amide bonds. The van der Waals surface area contributed by atoms with Gasteiger partial charge in [-0.3, -0.25) is 0 Å². The predicted molar refractivity (Wildman–Crippen MR) is 60.0 cm³/mol. The second kappa shape index (κ2) is 3.81. The fourth-order valence-electron chi connectivity index (χ4n) is 1.44. The van der Waals surface area contributed by atoms with Crippen LogP contribution in [-0.2, 0) is 0 Å². The van der Waals surface area contributed by atoms with Gasteiger partial charge in [0.15, 0.2) is 0 Å². The minimum Gasteiger partial charge on any atom is -0.478 e. The van der Waals surface area contributed by atoms with E-state index in [0.717, 1.165) is 11.3 Å². The number of aromatic nitrogens is 2. The van der Waals surface area contributed by atoms with Crippen LogP contribution in [0, 0.1) is 13.8 Å². The van der Waals surface area contributed by atoms with Crippen LogP contribution in [0.15, 0.2) is 30.6 Å². The van der Waals surface area contributed by atoms with Gasteiger partial charge in [0.2, 0.25) is 0 Å². The average molecular weight is 216 g/mol. The van der Waals surface area contributed by atoms with Gasteiger partial charge in [-0.15, -0.1) is 0 Å². The maximum atomic E-state index is 10.7. The van der Waals surface area contributed by atoms with Gasteiger partial charge in [0, 0.05) is 6.20 Å². The van der Waals surface area contributed by atoms with Crippen LogP contribution in [0.1, 0.15) is 21.5 Å². The van der Waals surface area contributed by atoms with Crippen molar-refractivity contribution < 1.29 is 9.90 Å². The molecule has 0 spiro atoms. The molecule has 0 aliphatic carbocycles. The molecule has 0 radical (unpaired) electrons. The van der Waals surface area contributed by atoms with Crippen LogP contribution in [0.25, 0.3) is 5.69 Å². The van der Waals surface area contributed by atoms with Crippen LogP contribution in [-0.4, -0.2) is 20.9 Å². The van der Waals surface area contributed by atoms with Gasteiger partial charge in [0.05, 0.1) is 17.4 Å². The third-order valence-electron chi connectivity index (χ3n) is 2.58. The van der Waals surface area contributed by atoms with E-state index in [1.807, 2.05) is 32.0 Å². The molecule has 0 atom stereocenters. The Hall–Kier alpha value is -2.10. The monoisotopic (exact) mass is 216 g/mol. The van der Waals surface area contributed by atoms with Crippen LogP contribution < -0.4 is 0 Å². The second-order valence-corrected chi connectivity index (χ2v) is 3.75. The Morgan fingerprint density at radius 3 is 2.62 bits per heavy atom. The van der Waals surface area contributed by atoms with E-state index in [-0.39, 0.29) is 5.56 Å². The molecule has 0 bridgehead atoms. The predicted octanol–water partition coefficient (Wildman–Crippen LogP) is 2.19. The number of hydrogen-bond donors (Lipinski definition) is 1. The van der Waals surface area contributed by atoms with Crippen molar-refractivity contribution in [2.24, 2.45) is 0 Å². The zero-order chi connectivity index (χ0) is 11.7. The number of carboxylic acids is 1. The summed E-state index contributed by atoms with van der Waals surface area (Å²) in [5.74, 6) is -0.963. The number of aromatic carboxylic acids is 1. The molecule has 0 aliphatic rings. The highest BCUT2D eigenvalue weighted by Crippen LogP contribution is 2.13. The normalized spacial score (nSPS) is 10.4. The van der Waals surface area contributed by atoms with Crippen molar-refractivity contribution in [3.63, 3.8) is 0 Å². The molecule has 0 aliphatic heterocycles. The second-order valence-electron chi connectivity index (χ2n) is 3.75. The Morgan fingerprint density at radius 1 is 1.31 bits per heavy atom. The van der Waals surface area contributed by atoms with E-state index in [9.17, 15) is 4.79 Å². The third-order valence-corrected chi connectivity index (χ3v) is 2.58. The molecular formula is C12H12N2O2. The summed E-state index contributed by atoms with van der Waals surface area (Å²) in [6.07, 6.45) is 2.85.